The summed E-state index contributed by atoms with van der Waals surface area (Å²) in [6.45, 7) is 0.173. The number of nitrogens with one attached hydrogen (secondary N) is 1. The molecule has 0 fully saturated rings. The smallest absolute Gasteiger partial charge is 0.288 e. The van der Waals surface area contributed by atoms with Crippen molar-refractivity contribution in [3.8, 4) is 0 Å². The lowest BCUT2D eigenvalue weighted by atomic mass is 10.4. The maximum absolute atomic E-state index is 11.5. The van der Waals surface area contributed by atoms with Crippen LogP contribution >= 0.6 is 27.3 Å². The number of thiophene rings is 1. The highest BCUT2D eigenvalue weighted by Gasteiger charge is 2.15. The lowest BCUT2D eigenvalue weighted by Crippen LogP contribution is -2.30. The molecule has 0 aromatic carbocycles. The molecule has 0 radical (unpaired) electrons. The number of halogens is 1. The molecule has 0 atom stereocenters. The van der Waals surface area contributed by atoms with Crippen LogP contribution in [0.5, 0.6) is 0 Å². The Balaban J connectivity index is 2.45. The standard InChI is InChI=1S/C9H6BrN3O4S/c10-7-2-1-5(18-7)3-12-4-6(13(16)17)8(14)11-9(12)15/h1-2,4H,3H2,(H,11,14,15). The SMILES string of the molecule is O=c1[nH]c(=O)n(Cc2ccc(Br)s2)cc1[N+](=O)[O-]. The number of aromatic amines is 1. The first-order valence-electron chi connectivity index (χ1n) is 4.70. The number of rotatable bonds is 3. The third-order valence-corrected chi connectivity index (χ3v) is 3.75. The van der Waals surface area contributed by atoms with Crippen molar-refractivity contribution in [2.45, 2.75) is 6.54 Å². The van der Waals surface area contributed by atoms with E-state index >= 15 is 0 Å². The normalized spacial score (nSPS) is 10.5. The fourth-order valence-corrected chi connectivity index (χ4v) is 2.83. The number of aromatic nitrogens is 2. The molecule has 0 saturated heterocycles. The molecule has 0 aliphatic heterocycles. The van der Waals surface area contributed by atoms with E-state index in [2.05, 4.69) is 15.9 Å². The summed E-state index contributed by atoms with van der Waals surface area (Å²) >= 11 is 4.68. The van der Waals surface area contributed by atoms with Crippen molar-refractivity contribution in [1.82, 2.24) is 9.55 Å². The van der Waals surface area contributed by atoms with Gasteiger partial charge in [-0.2, -0.15) is 0 Å². The van der Waals surface area contributed by atoms with Crippen molar-refractivity contribution in [1.29, 1.82) is 0 Å². The van der Waals surface area contributed by atoms with Crippen molar-refractivity contribution in [2.24, 2.45) is 0 Å². The van der Waals surface area contributed by atoms with Crippen LogP contribution in [-0.2, 0) is 6.54 Å². The fraction of sp³-hybridized carbons (Fsp3) is 0.111. The van der Waals surface area contributed by atoms with E-state index in [1.54, 1.807) is 6.07 Å². The summed E-state index contributed by atoms with van der Waals surface area (Å²) < 4.78 is 1.99. The number of hydrogen-bond donors (Lipinski definition) is 1. The molecular formula is C9H6BrN3O4S. The topological polar surface area (TPSA) is 98.0 Å². The number of H-pyrrole nitrogens is 1. The average Bonchev–Trinajstić information content (AvgIpc) is 2.67. The minimum atomic E-state index is -0.992. The molecular weight excluding hydrogens is 326 g/mol. The minimum Gasteiger partial charge on any atom is -0.288 e. The van der Waals surface area contributed by atoms with Crippen molar-refractivity contribution in [2.75, 3.05) is 0 Å². The number of nitro groups is 1. The van der Waals surface area contributed by atoms with Gasteiger partial charge in [0.05, 0.1) is 21.5 Å². The molecule has 0 amide bonds. The molecule has 9 heteroatoms. The summed E-state index contributed by atoms with van der Waals surface area (Å²) in [5.74, 6) is 0. The Hall–Kier alpha value is -1.74. The van der Waals surface area contributed by atoms with Gasteiger partial charge in [0.2, 0.25) is 0 Å². The van der Waals surface area contributed by atoms with E-state index in [9.17, 15) is 19.7 Å². The molecule has 0 saturated carbocycles. The van der Waals surface area contributed by atoms with Gasteiger partial charge in [-0.05, 0) is 28.1 Å². The Morgan fingerprint density at radius 2 is 2.17 bits per heavy atom. The maximum Gasteiger partial charge on any atom is 0.350 e. The van der Waals surface area contributed by atoms with Crippen molar-refractivity contribution >= 4 is 33.0 Å². The summed E-state index contributed by atoms with van der Waals surface area (Å²) in [6.07, 6.45) is 0.953. The van der Waals surface area contributed by atoms with Gasteiger partial charge in [-0.15, -0.1) is 11.3 Å². The molecule has 1 N–H and O–H groups in total. The fourth-order valence-electron chi connectivity index (χ4n) is 1.35. The zero-order valence-electron chi connectivity index (χ0n) is 8.75. The van der Waals surface area contributed by atoms with E-state index in [0.717, 1.165) is 19.4 Å². The van der Waals surface area contributed by atoms with Crippen molar-refractivity contribution in [3.05, 3.63) is 57.9 Å². The Labute approximate surface area is 112 Å². The Morgan fingerprint density at radius 1 is 1.44 bits per heavy atom. The van der Waals surface area contributed by atoms with E-state index in [-0.39, 0.29) is 6.54 Å². The largest absolute Gasteiger partial charge is 0.350 e. The van der Waals surface area contributed by atoms with Crippen LogP contribution < -0.4 is 11.2 Å². The molecule has 2 rings (SSSR count). The van der Waals surface area contributed by atoms with Gasteiger partial charge >= 0.3 is 16.9 Å². The van der Waals surface area contributed by atoms with Crippen LogP contribution in [0.3, 0.4) is 0 Å². The summed E-state index contributed by atoms with van der Waals surface area (Å²) in [7, 11) is 0. The summed E-state index contributed by atoms with van der Waals surface area (Å²) in [5, 5.41) is 10.6. The molecule has 2 heterocycles. The molecule has 0 unspecified atom stereocenters. The van der Waals surface area contributed by atoms with E-state index in [4.69, 9.17) is 0 Å². The van der Waals surface area contributed by atoms with Crippen LogP contribution in [0.15, 0.2) is 31.7 Å². The molecule has 0 aliphatic rings. The van der Waals surface area contributed by atoms with E-state index < -0.39 is 21.9 Å². The van der Waals surface area contributed by atoms with Gasteiger partial charge in [0.25, 0.3) is 0 Å². The molecule has 94 valence electrons. The van der Waals surface area contributed by atoms with Gasteiger partial charge in [-0.3, -0.25) is 24.5 Å². The van der Waals surface area contributed by atoms with Gasteiger partial charge in [0.15, 0.2) is 0 Å². The zero-order chi connectivity index (χ0) is 13.3. The number of nitrogens with zero attached hydrogens (tertiary/aromatic N) is 2. The Morgan fingerprint density at radius 3 is 2.72 bits per heavy atom. The molecule has 7 nitrogen and oxygen atoms in total. The molecule has 2 aromatic rings. The summed E-state index contributed by atoms with van der Waals surface area (Å²) in [4.78, 5) is 35.2. The number of hydrogen-bond acceptors (Lipinski definition) is 5. The summed E-state index contributed by atoms with van der Waals surface area (Å²) in [5.41, 5.74) is -2.31. The first-order valence-corrected chi connectivity index (χ1v) is 6.30. The molecule has 0 bridgehead atoms. The molecule has 0 aliphatic carbocycles. The van der Waals surface area contributed by atoms with Crippen molar-refractivity contribution in [3.63, 3.8) is 0 Å². The quantitative estimate of drug-likeness (QED) is 0.677. The second-order valence-electron chi connectivity index (χ2n) is 3.36. The predicted molar refractivity (Wildman–Crippen MR) is 69.1 cm³/mol. The summed E-state index contributed by atoms with van der Waals surface area (Å²) in [6, 6.07) is 3.60. The second kappa shape index (κ2) is 4.86. The second-order valence-corrected chi connectivity index (χ2v) is 5.91. The van der Waals surface area contributed by atoms with Crippen LogP contribution in [-0.4, -0.2) is 14.5 Å². The van der Waals surface area contributed by atoms with Crippen LogP contribution in [0.1, 0.15) is 4.88 Å². The van der Waals surface area contributed by atoms with Crippen molar-refractivity contribution < 1.29 is 4.92 Å². The third kappa shape index (κ3) is 2.57. The molecule has 0 spiro atoms. The lowest BCUT2D eigenvalue weighted by Gasteiger charge is -2.01. The van der Waals surface area contributed by atoms with Crippen LogP contribution in [0.2, 0.25) is 0 Å². The highest BCUT2D eigenvalue weighted by atomic mass is 79.9. The van der Waals surface area contributed by atoms with E-state index in [1.807, 2.05) is 11.1 Å². The Bertz CT molecular complexity index is 717. The first-order chi connectivity index (χ1) is 8.47. The molecule has 2 aromatic heterocycles. The lowest BCUT2D eigenvalue weighted by molar-refractivity contribution is -0.386. The van der Waals surface area contributed by atoms with E-state index in [0.29, 0.717) is 0 Å². The van der Waals surface area contributed by atoms with Gasteiger partial charge in [0, 0.05) is 4.88 Å². The van der Waals surface area contributed by atoms with Crippen LogP contribution in [0, 0.1) is 10.1 Å². The predicted octanol–water partition coefficient (Wildman–Crippen LogP) is 1.32. The van der Waals surface area contributed by atoms with Crippen LogP contribution in [0.25, 0.3) is 0 Å². The van der Waals surface area contributed by atoms with E-state index in [1.165, 1.54) is 11.3 Å². The minimum absolute atomic E-state index is 0.173. The van der Waals surface area contributed by atoms with Gasteiger partial charge < -0.3 is 0 Å². The first kappa shape index (κ1) is 12.7. The van der Waals surface area contributed by atoms with Gasteiger partial charge in [-0.1, -0.05) is 0 Å². The maximum atomic E-state index is 11.5. The Kier molecular flexibility index (Phi) is 3.43. The highest BCUT2D eigenvalue weighted by Crippen LogP contribution is 2.22. The van der Waals surface area contributed by atoms with Gasteiger partial charge in [-0.25, -0.2) is 4.79 Å². The monoisotopic (exact) mass is 331 g/mol. The zero-order valence-corrected chi connectivity index (χ0v) is 11.2. The van der Waals surface area contributed by atoms with Crippen LogP contribution in [0.4, 0.5) is 5.69 Å². The highest BCUT2D eigenvalue weighted by molar-refractivity contribution is 9.11. The average molecular weight is 332 g/mol. The molecule has 18 heavy (non-hydrogen) atoms. The van der Waals surface area contributed by atoms with Gasteiger partial charge in [0.1, 0.15) is 0 Å². The third-order valence-electron chi connectivity index (χ3n) is 2.14.